The van der Waals surface area contributed by atoms with Crippen LogP contribution in [-0.4, -0.2) is 50.3 Å². The Morgan fingerprint density at radius 1 is 1.64 bits per heavy atom. The summed E-state index contributed by atoms with van der Waals surface area (Å²) in [4.78, 5) is 2.30. The average molecular weight is 197 g/mol. The van der Waals surface area contributed by atoms with Gasteiger partial charge in [0, 0.05) is 13.1 Å². The van der Waals surface area contributed by atoms with Crippen molar-refractivity contribution in [3.05, 3.63) is 0 Å². The minimum absolute atomic E-state index is 0.220. The molecule has 0 spiro atoms. The summed E-state index contributed by atoms with van der Waals surface area (Å²) in [5.74, 6) is 0. The highest BCUT2D eigenvalue weighted by molar-refractivity contribution is 4.89. The van der Waals surface area contributed by atoms with Crippen molar-refractivity contribution in [1.29, 1.82) is 5.26 Å². The Bertz CT molecular complexity index is 190. The maximum absolute atomic E-state index is 8.70. The molecule has 1 N–H and O–H groups in total. The molecule has 0 saturated carbocycles. The zero-order valence-electron chi connectivity index (χ0n) is 8.83. The molecule has 0 aromatic heterocycles. The van der Waals surface area contributed by atoms with Crippen molar-refractivity contribution in [1.82, 2.24) is 10.2 Å². The van der Waals surface area contributed by atoms with Gasteiger partial charge in [0.1, 0.15) is 0 Å². The molecule has 4 nitrogen and oxygen atoms in total. The maximum atomic E-state index is 8.70. The largest absolute Gasteiger partial charge is 0.361 e. The fourth-order valence-electron chi connectivity index (χ4n) is 1.59. The second-order valence-corrected chi connectivity index (χ2v) is 3.50. The Morgan fingerprint density at radius 2 is 2.50 bits per heavy atom. The van der Waals surface area contributed by atoms with Crippen LogP contribution in [0.4, 0.5) is 0 Å². The lowest BCUT2D eigenvalue weighted by Crippen LogP contribution is -2.42. The first-order valence-electron chi connectivity index (χ1n) is 5.31. The smallest absolute Gasteiger partial charge is 0.156 e. The summed E-state index contributed by atoms with van der Waals surface area (Å²) in [6.45, 7) is 7.69. The third-order valence-corrected chi connectivity index (χ3v) is 2.37. The van der Waals surface area contributed by atoms with Crippen molar-refractivity contribution in [2.24, 2.45) is 0 Å². The predicted molar refractivity (Wildman–Crippen MR) is 55.0 cm³/mol. The molecule has 0 aliphatic carbocycles. The van der Waals surface area contributed by atoms with Crippen LogP contribution in [0.2, 0.25) is 0 Å². The molecule has 0 aromatic carbocycles. The van der Waals surface area contributed by atoms with Crippen LogP contribution >= 0.6 is 0 Å². The molecule has 80 valence electrons. The molecule has 1 atom stereocenters. The van der Waals surface area contributed by atoms with E-state index in [1.165, 1.54) is 0 Å². The van der Waals surface area contributed by atoms with Gasteiger partial charge in [-0.05, 0) is 26.1 Å². The lowest BCUT2D eigenvalue weighted by molar-refractivity contribution is 0.000309. The molecule has 1 aliphatic rings. The van der Waals surface area contributed by atoms with Crippen LogP contribution in [-0.2, 0) is 4.74 Å². The van der Waals surface area contributed by atoms with E-state index in [1.807, 2.05) is 0 Å². The van der Waals surface area contributed by atoms with Crippen LogP contribution in [0.25, 0.3) is 0 Å². The van der Waals surface area contributed by atoms with E-state index in [2.05, 4.69) is 23.2 Å². The summed E-state index contributed by atoms with van der Waals surface area (Å²) in [5.41, 5.74) is 0. The van der Waals surface area contributed by atoms with Crippen LogP contribution in [0, 0.1) is 11.3 Å². The molecular formula is C10H19N3O. The van der Waals surface area contributed by atoms with E-state index in [4.69, 9.17) is 10.00 Å². The van der Waals surface area contributed by atoms with Crippen molar-refractivity contribution in [2.45, 2.75) is 19.4 Å². The van der Waals surface area contributed by atoms with Crippen LogP contribution in [0.5, 0.6) is 0 Å². The van der Waals surface area contributed by atoms with Gasteiger partial charge in [-0.25, -0.2) is 0 Å². The van der Waals surface area contributed by atoms with Crippen LogP contribution in [0.3, 0.4) is 0 Å². The number of hydrogen-bond donors (Lipinski definition) is 1. The first-order chi connectivity index (χ1) is 6.86. The predicted octanol–water partition coefficient (Wildman–Crippen LogP) is 0.210. The highest BCUT2D eigenvalue weighted by Crippen LogP contribution is 2.04. The van der Waals surface area contributed by atoms with Gasteiger partial charge in [-0.2, -0.15) is 5.26 Å². The van der Waals surface area contributed by atoms with E-state index in [1.54, 1.807) is 0 Å². The molecule has 0 radical (unpaired) electrons. The summed E-state index contributed by atoms with van der Waals surface area (Å²) in [6, 6.07) is 2.16. The Balaban J connectivity index is 2.09. The van der Waals surface area contributed by atoms with Gasteiger partial charge < -0.3 is 10.1 Å². The fourth-order valence-corrected chi connectivity index (χ4v) is 1.59. The van der Waals surface area contributed by atoms with Crippen LogP contribution in [0.1, 0.15) is 13.3 Å². The minimum Gasteiger partial charge on any atom is -0.361 e. The second kappa shape index (κ2) is 6.77. The summed E-state index contributed by atoms with van der Waals surface area (Å²) in [7, 11) is 0. The topological polar surface area (TPSA) is 48.3 Å². The van der Waals surface area contributed by atoms with Gasteiger partial charge in [0.05, 0.1) is 12.7 Å². The SMILES string of the molecule is CCNCCCN1CCOC(C#N)C1. The number of nitriles is 1. The van der Waals surface area contributed by atoms with Crippen LogP contribution < -0.4 is 5.32 Å². The standard InChI is InChI=1S/C10H19N3O/c1-2-12-4-3-5-13-6-7-14-10(8-11)9-13/h10,12H,2-7,9H2,1H3. The third kappa shape index (κ3) is 4.05. The Morgan fingerprint density at radius 3 is 3.21 bits per heavy atom. The molecule has 1 heterocycles. The highest BCUT2D eigenvalue weighted by atomic mass is 16.5. The average Bonchev–Trinajstić information content (AvgIpc) is 2.25. The molecule has 4 heteroatoms. The van der Waals surface area contributed by atoms with E-state index in [0.29, 0.717) is 6.61 Å². The Kier molecular flexibility index (Phi) is 5.53. The van der Waals surface area contributed by atoms with Gasteiger partial charge in [-0.1, -0.05) is 6.92 Å². The molecule has 1 rings (SSSR count). The zero-order valence-corrected chi connectivity index (χ0v) is 8.83. The lowest BCUT2D eigenvalue weighted by Gasteiger charge is -2.29. The number of nitrogens with zero attached hydrogens (tertiary/aromatic N) is 2. The first-order valence-corrected chi connectivity index (χ1v) is 5.31. The molecule has 0 aromatic rings. The molecule has 1 unspecified atom stereocenters. The van der Waals surface area contributed by atoms with Crippen molar-refractivity contribution in [3.8, 4) is 6.07 Å². The van der Waals surface area contributed by atoms with Crippen LogP contribution in [0.15, 0.2) is 0 Å². The number of hydrogen-bond acceptors (Lipinski definition) is 4. The minimum atomic E-state index is -0.220. The third-order valence-electron chi connectivity index (χ3n) is 2.37. The van der Waals surface area contributed by atoms with Gasteiger partial charge in [0.25, 0.3) is 0 Å². The van der Waals surface area contributed by atoms with E-state index in [9.17, 15) is 0 Å². The maximum Gasteiger partial charge on any atom is 0.156 e. The second-order valence-electron chi connectivity index (χ2n) is 3.50. The summed E-state index contributed by atoms with van der Waals surface area (Å²) in [6.07, 6.45) is 0.925. The molecule has 0 amide bonds. The van der Waals surface area contributed by atoms with E-state index < -0.39 is 0 Å². The molecule has 14 heavy (non-hydrogen) atoms. The zero-order chi connectivity index (χ0) is 10.2. The summed E-state index contributed by atoms with van der Waals surface area (Å²) < 4.78 is 5.27. The Hall–Kier alpha value is -0.630. The number of ether oxygens (including phenoxy) is 1. The molecule has 0 bridgehead atoms. The van der Waals surface area contributed by atoms with E-state index >= 15 is 0 Å². The van der Waals surface area contributed by atoms with Gasteiger partial charge in [0.15, 0.2) is 6.10 Å². The number of nitrogens with one attached hydrogen (secondary N) is 1. The molecule has 1 aliphatic heterocycles. The van der Waals surface area contributed by atoms with Gasteiger partial charge >= 0.3 is 0 Å². The first kappa shape index (κ1) is 11.4. The summed E-state index contributed by atoms with van der Waals surface area (Å²) in [5, 5.41) is 12.0. The highest BCUT2D eigenvalue weighted by Gasteiger charge is 2.18. The van der Waals surface area contributed by atoms with Gasteiger partial charge in [-0.3, -0.25) is 4.90 Å². The molecule has 1 saturated heterocycles. The number of morpholine rings is 1. The van der Waals surface area contributed by atoms with Crippen molar-refractivity contribution < 1.29 is 4.74 Å². The van der Waals surface area contributed by atoms with Crippen molar-refractivity contribution in [3.63, 3.8) is 0 Å². The van der Waals surface area contributed by atoms with Gasteiger partial charge in [-0.15, -0.1) is 0 Å². The van der Waals surface area contributed by atoms with E-state index in [0.717, 1.165) is 39.1 Å². The fraction of sp³-hybridized carbons (Fsp3) is 0.900. The molecular weight excluding hydrogens is 178 g/mol. The summed E-state index contributed by atoms with van der Waals surface area (Å²) >= 11 is 0. The normalized spacial score (nSPS) is 23.3. The van der Waals surface area contributed by atoms with Gasteiger partial charge in [0.2, 0.25) is 0 Å². The monoisotopic (exact) mass is 197 g/mol. The molecule has 1 fully saturated rings. The quantitative estimate of drug-likeness (QED) is 0.640. The number of rotatable bonds is 5. The van der Waals surface area contributed by atoms with E-state index in [-0.39, 0.29) is 6.10 Å². The Labute approximate surface area is 85.8 Å². The lowest BCUT2D eigenvalue weighted by atomic mass is 10.2. The van der Waals surface area contributed by atoms with Crippen molar-refractivity contribution in [2.75, 3.05) is 39.3 Å². The van der Waals surface area contributed by atoms with Crippen molar-refractivity contribution >= 4 is 0 Å².